The summed E-state index contributed by atoms with van der Waals surface area (Å²) < 4.78 is 0. The third-order valence-electron chi connectivity index (χ3n) is 8.68. The number of carboxylic acids is 1. The Morgan fingerprint density at radius 1 is 1.20 bits per heavy atom. The molecule has 7 atom stereocenters. The van der Waals surface area contributed by atoms with Crippen LogP contribution in [0.2, 0.25) is 0 Å². The largest absolute Gasteiger partial charge is 0.481 e. The highest BCUT2D eigenvalue weighted by Gasteiger charge is 2.60. The number of hydrogen-bond acceptors (Lipinski definition) is 2. The second kappa shape index (κ2) is 5.69. The third-order valence-corrected chi connectivity index (χ3v) is 8.68. The molecule has 0 saturated heterocycles. The van der Waals surface area contributed by atoms with Crippen LogP contribution in [0.15, 0.2) is 11.6 Å². The van der Waals surface area contributed by atoms with Crippen LogP contribution in [0, 0.1) is 40.4 Å². The molecule has 0 spiro atoms. The maximum absolute atomic E-state index is 12.8. The monoisotopic (exact) mass is 344 g/mol. The summed E-state index contributed by atoms with van der Waals surface area (Å²) >= 11 is 0. The van der Waals surface area contributed by atoms with Crippen LogP contribution < -0.4 is 0 Å². The number of carbonyl (C=O) groups is 2. The van der Waals surface area contributed by atoms with Crippen LogP contribution >= 0.6 is 0 Å². The summed E-state index contributed by atoms with van der Waals surface area (Å²) in [4.78, 5) is 23.9. The lowest BCUT2D eigenvalue weighted by Gasteiger charge is -2.57. The Balaban J connectivity index is 1.61. The maximum Gasteiger partial charge on any atom is 0.303 e. The highest BCUT2D eigenvalue weighted by molar-refractivity contribution is 5.89. The van der Waals surface area contributed by atoms with Crippen molar-refractivity contribution in [1.82, 2.24) is 0 Å². The van der Waals surface area contributed by atoms with Crippen LogP contribution in [0.5, 0.6) is 0 Å². The van der Waals surface area contributed by atoms with Gasteiger partial charge in [0.25, 0.3) is 0 Å². The van der Waals surface area contributed by atoms with Crippen molar-refractivity contribution in [2.24, 2.45) is 40.4 Å². The van der Waals surface area contributed by atoms with E-state index in [1.54, 1.807) is 0 Å². The van der Waals surface area contributed by atoms with E-state index in [4.69, 9.17) is 5.11 Å². The van der Waals surface area contributed by atoms with E-state index in [-0.39, 0.29) is 16.7 Å². The molecule has 3 unspecified atom stereocenters. The lowest BCUT2D eigenvalue weighted by Crippen LogP contribution is -2.50. The van der Waals surface area contributed by atoms with E-state index in [0.29, 0.717) is 35.9 Å². The summed E-state index contributed by atoms with van der Waals surface area (Å²) in [6.45, 7) is 6.81. The van der Waals surface area contributed by atoms with E-state index < -0.39 is 5.97 Å². The molecule has 4 aliphatic rings. The topological polar surface area (TPSA) is 54.4 Å². The van der Waals surface area contributed by atoms with Gasteiger partial charge in [0.1, 0.15) is 5.78 Å². The Hall–Kier alpha value is -1.12. The van der Waals surface area contributed by atoms with Crippen LogP contribution in [0.25, 0.3) is 0 Å². The van der Waals surface area contributed by atoms with E-state index >= 15 is 0 Å². The molecule has 138 valence electrons. The lowest BCUT2D eigenvalue weighted by molar-refractivity contribution is -0.138. The molecule has 1 N–H and O–H groups in total. The molecule has 0 bridgehead atoms. The van der Waals surface area contributed by atoms with Gasteiger partial charge in [-0.05, 0) is 74.0 Å². The summed E-state index contributed by atoms with van der Waals surface area (Å²) in [7, 11) is 0. The molecule has 4 aliphatic carbocycles. The van der Waals surface area contributed by atoms with E-state index in [9.17, 15) is 9.59 Å². The van der Waals surface area contributed by atoms with Gasteiger partial charge in [-0.15, -0.1) is 0 Å². The van der Waals surface area contributed by atoms with Gasteiger partial charge < -0.3 is 5.11 Å². The zero-order valence-electron chi connectivity index (χ0n) is 15.9. The predicted octanol–water partition coefficient (Wildman–Crippen LogP) is 4.86. The summed E-state index contributed by atoms with van der Waals surface area (Å²) in [5.74, 6) is 2.30. The third kappa shape index (κ3) is 2.44. The molecule has 0 aromatic carbocycles. The summed E-state index contributed by atoms with van der Waals surface area (Å²) in [6.07, 6.45) is 10.3. The molecule has 3 nitrogen and oxygen atoms in total. The minimum absolute atomic E-state index is 0.0806. The Labute approximate surface area is 151 Å². The Kier molecular flexibility index (Phi) is 3.94. The van der Waals surface area contributed by atoms with Crippen molar-refractivity contribution in [2.45, 2.75) is 72.1 Å². The molecule has 0 aliphatic heterocycles. The summed E-state index contributed by atoms with van der Waals surface area (Å²) in [5, 5.41) is 9.14. The molecule has 25 heavy (non-hydrogen) atoms. The first kappa shape index (κ1) is 17.3. The van der Waals surface area contributed by atoms with E-state index in [1.807, 2.05) is 0 Å². The van der Waals surface area contributed by atoms with Gasteiger partial charge in [0.15, 0.2) is 0 Å². The Bertz CT molecular complexity index is 635. The van der Waals surface area contributed by atoms with E-state index in [0.717, 1.165) is 38.5 Å². The first-order chi connectivity index (χ1) is 11.8. The Morgan fingerprint density at radius 2 is 1.92 bits per heavy atom. The van der Waals surface area contributed by atoms with Gasteiger partial charge in [-0.3, -0.25) is 9.59 Å². The van der Waals surface area contributed by atoms with Crippen LogP contribution in [0.1, 0.15) is 72.1 Å². The first-order valence-electron chi connectivity index (χ1n) is 10.2. The highest BCUT2D eigenvalue weighted by atomic mass is 16.4. The molecule has 0 radical (unpaired) electrons. The lowest BCUT2D eigenvalue weighted by atomic mass is 9.47. The van der Waals surface area contributed by atoms with Gasteiger partial charge in [-0.2, -0.15) is 0 Å². The van der Waals surface area contributed by atoms with Gasteiger partial charge in [-0.25, -0.2) is 0 Å². The molecule has 3 fully saturated rings. The van der Waals surface area contributed by atoms with E-state index in [1.165, 1.54) is 12.0 Å². The molecular weight excluding hydrogens is 312 g/mol. The fraction of sp³-hybridized carbons (Fsp3) is 0.818. The minimum atomic E-state index is -0.658. The molecule has 4 rings (SSSR count). The quantitative estimate of drug-likeness (QED) is 0.728. The van der Waals surface area contributed by atoms with Crippen molar-refractivity contribution in [1.29, 1.82) is 0 Å². The fourth-order valence-electron chi connectivity index (χ4n) is 7.27. The van der Waals surface area contributed by atoms with Gasteiger partial charge in [-0.1, -0.05) is 32.4 Å². The van der Waals surface area contributed by atoms with Crippen LogP contribution in [0.4, 0.5) is 0 Å². The van der Waals surface area contributed by atoms with Gasteiger partial charge in [0.05, 0.1) is 0 Å². The summed E-state index contributed by atoms with van der Waals surface area (Å²) in [5.41, 5.74) is 1.70. The second-order valence-electron chi connectivity index (χ2n) is 9.92. The Morgan fingerprint density at radius 3 is 2.64 bits per heavy atom. The maximum atomic E-state index is 12.8. The number of carbonyl (C=O) groups excluding carboxylic acids is 1. The number of carboxylic acid groups (broad SMARTS) is 1. The standard InChI is InChI=1S/C22H32O3/c1-13-10-18-16-5-4-15-11-14(12-19(23)24)6-8-21(15,2)17(16)7-9-22(18,3)20(13)25/h4,13-14,16-18H,5-12H2,1-3H3,(H,23,24)/t13-,14-,16?,17?,18?,21-,22-/m0/s1. The van der Waals surface area contributed by atoms with E-state index in [2.05, 4.69) is 26.8 Å². The molecule has 0 amide bonds. The number of rotatable bonds is 2. The molecule has 3 saturated carbocycles. The highest BCUT2D eigenvalue weighted by Crippen LogP contribution is 2.65. The molecule has 0 heterocycles. The number of aliphatic carboxylic acids is 1. The van der Waals surface area contributed by atoms with Crippen molar-refractivity contribution >= 4 is 11.8 Å². The van der Waals surface area contributed by atoms with Crippen molar-refractivity contribution in [3.05, 3.63) is 11.6 Å². The zero-order chi connectivity index (χ0) is 18.0. The molecule has 3 heteroatoms. The molecule has 0 aromatic heterocycles. The van der Waals surface area contributed by atoms with Gasteiger partial charge in [0.2, 0.25) is 0 Å². The SMILES string of the molecule is C[C@H]1CC2C3CC=C4C[C@@H](CC(=O)O)CC[C@]4(C)C3CC[C@]2(C)C1=O. The number of fused-ring (bicyclic) bond motifs is 5. The van der Waals surface area contributed by atoms with Crippen LogP contribution in [0.3, 0.4) is 0 Å². The second-order valence-corrected chi connectivity index (χ2v) is 9.92. The summed E-state index contributed by atoms with van der Waals surface area (Å²) in [6, 6.07) is 0. The number of Topliss-reactive ketones (excluding diaryl/α,β-unsaturated/α-hetero) is 1. The number of allylic oxidation sites excluding steroid dienone is 2. The molecule has 0 aromatic rings. The zero-order valence-corrected chi connectivity index (χ0v) is 15.9. The van der Waals surface area contributed by atoms with Crippen LogP contribution in [-0.2, 0) is 9.59 Å². The van der Waals surface area contributed by atoms with Gasteiger partial charge >= 0.3 is 5.97 Å². The smallest absolute Gasteiger partial charge is 0.303 e. The molecular formula is C22H32O3. The average Bonchev–Trinajstić information content (AvgIpc) is 2.78. The van der Waals surface area contributed by atoms with Crippen molar-refractivity contribution in [3.63, 3.8) is 0 Å². The predicted molar refractivity (Wildman–Crippen MR) is 97.0 cm³/mol. The van der Waals surface area contributed by atoms with Gasteiger partial charge in [0, 0.05) is 17.8 Å². The fourth-order valence-corrected chi connectivity index (χ4v) is 7.27. The van der Waals surface area contributed by atoms with Crippen molar-refractivity contribution in [3.8, 4) is 0 Å². The van der Waals surface area contributed by atoms with Crippen LogP contribution in [-0.4, -0.2) is 16.9 Å². The number of ketones is 1. The minimum Gasteiger partial charge on any atom is -0.481 e. The van der Waals surface area contributed by atoms with Crippen molar-refractivity contribution < 1.29 is 14.7 Å². The first-order valence-corrected chi connectivity index (χ1v) is 10.2. The van der Waals surface area contributed by atoms with Crippen molar-refractivity contribution in [2.75, 3.05) is 0 Å². The number of hydrogen-bond donors (Lipinski definition) is 1. The average molecular weight is 344 g/mol. The normalized spacial score (nSPS) is 49.0.